The molecule has 0 fully saturated rings. The average Bonchev–Trinajstić information content (AvgIpc) is 2.60. The van der Waals surface area contributed by atoms with Gasteiger partial charge in [-0.2, -0.15) is 9.90 Å². The van der Waals surface area contributed by atoms with E-state index in [-0.39, 0.29) is 5.69 Å². The molecule has 17 heavy (non-hydrogen) atoms. The second kappa shape index (κ2) is 4.01. The number of carboxylic acid groups (broad SMARTS) is 1. The molecule has 5 nitrogen and oxygen atoms in total. The lowest BCUT2D eigenvalue weighted by atomic mass is 10.0. The number of carboxylic acids is 1. The first-order chi connectivity index (χ1) is 7.99. The molecule has 2 aromatic rings. The molecule has 0 aliphatic rings. The van der Waals surface area contributed by atoms with Crippen LogP contribution in [0.5, 0.6) is 0 Å². The van der Waals surface area contributed by atoms with Crippen LogP contribution in [0.2, 0.25) is 0 Å². The van der Waals surface area contributed by atoms with Gasteiger partial charge in [-0.25, -0.2) is 4.79 Å². The van der Waals surface area contributed by atoms with E-state index < -0.39 is 5.97 Å². The molecule has 88 valence electrons. The van der Waals surface area contributed by atoms with Crippen molar-refractivity contribution < 1.29 is 9.90 Å². The minimum Gasteiger partial charge on any atom is -0.476 e. The smallest absolute Gasteiger partial charge is 0.358 e. The van der Waals surface area contributed by atoms with E-state index in [1.165, 1.54) is 4.80 Å². The van der Waals surface area contributed by atoms with E-state index in [1.807, 2.05) is 32.0 Å². The molecule has 1 heterocycles. The van der Waals surface area contributed by atoms with E-state index in [9.17, 15) is 4.79 Å². The highest BCUT2D eigenvalue weighted by atomic mass is 16.4. The summed E-state index contributed by atoms with van der Waals surface area (Å²) in [6, 6.07) is 5.80. The van der Waals surface area contributed by atoms with Crippen molar-refractivity contribution in [1.82, 2.24) is 15.0 Å². The highest BCUT2D eigenvalue weighted by Crippen LogP contribution is 2.24. The topological polar surface area (TPSA) is 68.0 Å². The fourth-order valence-electron chi connectivity index (χ4n) is 1.81. The third-order valence-electron chi connectivity index (χ3n) is 2.55. The SMILES string of the molecule is Cc1ccc(-c2nn(C)nc2C(=O)O)c(C)c1. The maximum absolute atomic E-state index is 11.1. The highest BCUT2D eigenvalue weighted by Gasteiger charge is 2.19. The number of hydrogen-bond donors (Lipinski definition) is 1. The Bertz CT molecular complexity index is 587. The Hall–Kier alpha value is -2.17. The third-order valence-corrected chi connectivity index (χ3v) is 2.55. The Balaban J connectivity index is 2.63. The summed E-state index contributed by atoms with van der Waals surface area (Å²) in [4.78, 5) is 12.3. The van der Waals surface area contributed by atoms with Crippen LogP contribution in [-0.2, 0) is 7.05 Å². The van der Waals surface area contributed by atoms with Crippen molar-refractivity contribution in [2.75, 3.05) is 0 Å². The molecule has 0 atom stereocenters. The van der Waals surface area contributed by atoms with Crippen molar-refractivity contribution in [2.45, 2.75) is 13.8 Å². The van der Waals surface area contributed by atoms with Crippen molar-refractivity contribution in [3.63, 3.8) is 0 Å². The molecule has 0 bridgehead atoms. The predicted octanol–water partition coefficient (Wildman–Crippen LogP) is 1.80. The summed E-state index contributed by atoms with van der Waals surface area (Å²) in [5, 5.41) is 17.0. The first-order valence-electron chi connectivity index (χ1n) is 5.21. The van der Waals surface area contributed by atoms with Crippen LogP contribution < -0.4 is 0 Å². The first kappa shape index (κ1) is 11.3. The maximum atomic E-state index is 11.1. The third kappa shape index (κ3) is 2.04. The molecule has 0 saturated heterocycles. The van der Waals surface area contributed by atoms with Gasteiger partial charge in [-0.1, -0.05) is 23.8 Å². The quantitative estimate of drug-likeness (QED) is 0.855. The van der Waals surface area contributed by atoms with Crippen LogP contribution in [0.4, 0.5) is 0 Å². The predicted molar refractivity (Wildman–Crippen MR) is 62.9 cm³/mol. The minimum atomic E-state index is -1.06. The number of aromatic carboxylic acids is 1. The van der Waals surface area contributed by atoms with Gasteiger partial charge in [-0.05, 0) is 19.4 Å². The number of nitrogens with zero attached hydrogens (tertiary/aromatic N) is 3. The zero-order valence-corrected chi connectivity index (χ0v) is 9.93. The molecule has 0 saturated carbocycles. The van der Waals surface area contributed by atoms with Gasteiger partial charge in [-0.15, -0.1) is 5.10 Å². The summed E-state index contributed by atoms with van der Waals surface area (Å²) < 4.78 is 0. The molecule has 0 spiro atoms. The lowest BCUT2D eigenvalue weighted by Crippen LogP contribution is -2.01. The van der Waals surface area contributed by atoms with Crippen molar-refractivity contribution in [2.24, 2.45) is 7.05 Å². The van der Waals surface area contributed by atoms with Gasteiger partial charge in [0.2, 0.25) is 0 Å². The molecule has 0 aliphatic heterocycles. The largest absolute Gasteiger partial charge is 0.476 e. The molecule has 2 rings (SSSR count). The number of benzene rings is 1. The lowest BCUT2D eigenvalue weighted by molar-refractivity contribution is 0.0690. The van der Waals surface area contributed by atoms with E-state index in [0.717, 1.165) is 16.7 Å². The van der Waals surface area contributed by atoms with Gasteiger partial charge in [-0.3, -0.25) is 0 Å². The molecule has 0 unspecified atom stereocenters. The second-order valence-electron chi connectivity index (χ2n) is 4.01. The van der Waals surface area contributed by atoms with Crippen LogP contribution in [0, 0.1) is 13.8 Å². The Morgan fingerprint density at radius 1 is 1.29 bits per heavy atom. The zero-order valence-electron chi connectivity index (χ0n) is 9.93. The fourth-order valence-corrected chi connectivity index (χ4v) is 1.81. The molecule has 1 N–H and O–H groups in total. The maximum Gasteiger partial charge on any atom is 0.358 e. The van der Waals surface area contributed by atoms with Gasteiger partial charge in [0, 0.05) is 12.6 Å². The standard InChI is InChI=1S/C12H13N3O2/c1-7-4-5-9(8(2)6-7)10-11(12(16)17)14-15(3)13-10/h4-6H,1-3H3,(H,16,17). The van der Waals surface area contributed by atoms with Gasteiger partial charge >= 0.3 is 5.97 Å². The molecular weight excluding hydrogens is 218 g/mol. The molecular formula is C12H13N3O2. The summed E-state index contributed by atoms with van der Waals surface area (Å²) >= 11 is 0. The monoisotopic (exact) mass is 231 g/mol. The molecule has 0 radical (unpaired) electrons. The second-order valence-corrected chi connectivity index (χ2v) is 4.01. The van der Waals surface area contributed by atoms with Gasteiger partial charge in [0.25, 0.3) is 0 Å². The first-order valence-corrected chi connectivity index (χ1v) is 5.21. The van der Waals surface area contributed by atoms with Crippen molar-refractivity contribution >= 4 is 5.97 Å². The Morgan fingerprint density at radius 3 is 2.59 bits per heavy atom. The van der Waals surface area contributed by atoms with Crippen LogP contribution in [-0.4, -0.2) is 26.1 Å². The number of carbonyl (C=O) groups is 1. The molecule has 1 aromatic heterocycles. The van der Waals surface area contributed by atoms with Crippen LogP contribution in [0.3, 0.4) is 0 Å². The molecule has 0 aliphatic carbocycles. The lowest BCUT2D eigenvalue weighted by Gasteiger charge is -2.04. The average molecular weight is 231 g/mol. The van der Waals surface area contributed by atoms with Crippen molar-refractivity contribution in [3.8, 4) is 11.3 Å². The number of aryl methyl sites for hydroxylation is 3. The van der Waals surface area contributed by atoms with Gasteiger partial charge in [0.1, 0.15) is 5.69 Å². The van der Waals surface area contributed by atoms with E-state index >= 15 is 0 Å². The Kier molecular flexibility index (Phi) is 2.67. The molecule has 1 aromatic carbocycles. The minimum absolute atomic E-state index is 0.0144. The van der Waals surface area contributed by atoms with E-state index in [0.29, 0.717) is 5.69 Å². The summed E-state index contributed by atoms with van der Waals surface area (Å²) in [6.07, 6.45) is 0. The number of rotatable bonds is 2. The van der Waals surface area contributed by atoms with Crippen LogP contribution in [0.25, 0.3) is 11.3 Å². The van der Waals surface area contributed by atoms with Crippen LogP contribution in [0.15, 0.2) is 18.2 Å². The number of hydrogen-bond acceptors (Lipinski definition) is 3. The Labute approximate surface area is 98.7 Å². The van der Waals surface area contributed by atoms with E-state index in [1.54, 1.807) is 7.05 Å². The summed E-state index contributed by atoms with van der Waals surface area (Å²) in [6.45, 7) is 3.92. The fraction of sp³-hybridized carbons (Fsp3) is 0.250. The summed E-state index contributed by atoms with van der Waals surface area (Å²) in [5.74, 6) is -1.06. The van der Waals surface area contributed by atoms with Crippen LogP contribution in [0.1, 0.15) is 21.6 Å². The van der Waals surface area contributed by atoms with Gasteiger partial charge in [0.05, 0.1) is 0 Å². The highest BCUT2D eigenvalue weighted by molar-refractivity contribution is 5.92. The van der Waals surface area contributed by atoms with E-state index in [4.69, 9.17) is 5.11 Å². The van der Waals surface area contributed by atoms with Crippen molar-refractivity contribution in [1.29, 1.82) is 0 Å². The molecule has 0 amide bonds. The Morgan fingerprint density at radius 2 is 2.00 bits per heavy atom. The van der Waals surface area contributed by atoms with Crippen molar-refractivity contribution in [3.05, 3.63) is 35.0 Å². The van der Waals surface area contributed by atoms with Gasteiger partial charge in [0.15, 0.2) is 5.69 Å². The van der Waals surface area contributed by atoms with E-state index in [2.05, 4.69) is 10.2 Å². The summed E-state index contributed by atoms with van der Waals surface area (Å²) in [5.41, 5.74) is 3.33. The molecule has 5 heteroatoms. The van der Waals surface area contributed by atoms with Crippen LogP contribution >= 0.6 is 0 Å². The zero-order chi connectivity index (χ0) is 12.6. The van der Waals surface area contributed by atoms with Gasteiger partial charge < -0.3 is 5.11 Å². The number of aromatic nitrogens is 3. The normalized spacial score (nSPS) is 10.5. The summed E-state index contributed by atoms with van der Waals surface area (Å²) in [7, 11) is 1.61.